The Kier molecular flexibility index (Phi) is 3.69. The summed E-state index contributed by atoms with van der Waals surface area (Å²) in [5, 5.41) is 7.35. The summed E-state index contributed by atoms with van der Waals surface area (Å²) in [6.45, 7) is 4.33. The summed E-state index contributed by atoms with van der Waals surface area (Å²) in [6, 6.07) is 10.3. The van der Waals surface area contributed by atoms with Gasteiger partial charge in [-0.2, -0.15) is 0 Å². The lowest BCUT2D eigenvalue weighted by Crippen LogP contribution is -2.17. The quantitative estimate of drug-likeness (QED) is 0.556. The van der Waals surface area contributed by atoms with Crippen LogP contribution in [0.15, 0.2) is 30.3 Å². The zero-order chi connectivity index (χ0) is 10.6. The van der Waals surface area contributed by atoms with Crippen molar-refractivity contribution in [1.29, 1.82) is 5.41 Å². The van der Waals surface area contributed by atoms with Crippen LogP contribution >= 0.6 is 0 Å². The van der Waals surface area contributed by atoms with Crippen molar-refractivity contribution in [3.8, 4) is 0 Å². The normalized spacial score (nSPS) is 12.8. The van der Waals surface area contributed by atoms with Crippen molar-refractivity contribution in [2.75, 3.05) is 0 Å². The van der Waals surface area contributed by atoms with Gasteiger partial charge in [-0.1, -0.05) is 44.2 Å². The maximum absolute atomic E-state index is 7.35. The summed E-state index contributed by atoms with van der Waals surface area (Å²) in [6.07, 6.45) is 0.654. The van der Waals surface area contributed by atoms with E-state index in [0.717, 1.165) is 0 Å². The van der Waals surface area contributed by atoms with Crippen LogP contribution in [0.3, 0.4) is 0 Å². The standard InChI is InChI=1S/C12H18N2/c1-9(2)11(8-12(13)14)10-6-4-3-5-7-10/h3-7,9,11H,8H2,1-2H3,(H3,13,14). The summed E-state index contributed by atoms with van der Waals surface area (Å²) in [4.78, 5) is 0. The predicted molar refractivity (Wildman–Crippen MR) is 60.6 cm³/mol. The molecule has 0 amide bonds. The van der Waals surface area contributed by atoms with E-state index in [-0.39, 0.29) is 5.84 Å². The van der Waals surface area contributed by atoms with Crippen LogP contribution in [0.1, 0.15) is 31.7 Å². The zero-order valence-corrected chi connectivity index (χ0v) is 8.83. The molecule has 0 radical (unpaired) electrons. The largest absolute Gasteiger partial charge is 0.388 e. The summed E-state index contributed by atoms with van der Waals surface area (Å²) in [7, 11) is 0. The van der Waals surface area contributed by atoms with Gasteiger partial charge in [-0.25, -0.2) is 0 Å². The molecule has 0 aliphatic rings. The predicted octanol–water partition coefficient (Wildman–Crippen LogP) is 2.75. The molecule has 1 aromatic carbocycles. The Balaban J connectivity index is 2.83. The highest BCUT2D eigenvalue weighted by atomic mass is 14.7. The maximum Gasteiger partial charge on any atom is 0.0911 e. The Morgan fingerprint density at radius 3 is 2.29 bits per heavy atom. The molecule has 0 aromatic heterocycles. The molecule has 76 valence electrons. The van der Waals surface area contributed by atoms with Gasteiger partial charge in [-0.15, -0.1) is 0 Å². The lowest BCUT2D eigenvalue weighted by Gasteiger charge is -2.20. The van der Waals surface area contributed by atoms with Gasteiger partial charge in [0.05, 0.1) is 5.84 Å². The fourth-order valence-electron chi connectivity index (χ4n) is 1.68. The molecule has 1 rings (SSSR count). The lowest BCUT2D eigenvalue weighted by molar-refractivity contribution is 0.510. The molecule has 0 heterocycles. The fourth-order valence-corrected chi connectivity index (χ4v) is 1.68. The van der Waals surface area contributed by atoms with Crippen molar-refractivity contribution in [2.45, 2.75) is 26.2 Å². The van der Waals surface area contributed by atoms with E-state index in [1.54, 1.807) is 0 Å². The van der Waals surface area contributed by atoms with E-state index in [1.165, 1.54) is 5.56 Å². The summed E-state index contributed by atoms with van der Waals surface area (Å²) in [5.74, 6) is 1.16. The van der Waals surface area contributed by atoms with Crippen LogP contribution in [0.2, 0.25) is 0 Å². The monoisotopic (exact) mass is 190 g/mol. The number of amidine groups is 1. The van der Waals surface area contributed by atoms with Gasteiger partial charge in [-0.3, -0.25) is 5.41 Å². The smallest absolute Gasteiger partial charge is 0.0911 e. The summed E-state index contributed by atoms with van der Waals surface area (Å²) < 4.78 is 0. The lowest BCUT2D eigenvalue weighted by atomic mass is 9.85. The third-order valence-corrected chi connectivity index (χ3v) is 2.47. The molecule has 0 spiro atoms. The van der Waals surface area contributed by atoms with Crippen molar-refractivity contribution in [2.24, 2.45) is 11.7 Å². The number of hydrogen-bond donors (Lipinski definition) is 2. The minimum Gasteiger partial charge on any atom is -0.388 e. The molecule has 14 heavy (non-hydrogen) atoms. The third kappa shape index (κ3) is 2.87. The highest BCUT2D eigenvalue weighted by molar-refractivity contribution is 5.77. The van der Waals surface area contributed by atoms with Crippen LogP contribution in [0.4, 0.5) is 0 Å². The summed E-state index contributed by atoms with van der Waals surface area (Å²) in [5.41, 5.74) is 6.73. The molecule has 0 saturated heterocycles. The topological polar surface area (TPSA) is 49.9 Å². The van der Waals surface area contributed by atoms with Crippen LogP contribution in [0, 0.1) is 11.3 Å². The van der Waals surface area contributed by atoms with E-state index in [4.69, 9.17) is 11.1 Å². The van der Waals surface area contributed by atoms with E-state index >= 15 is 0 Å². The number of nitrogens with two attached hydrogens (primary N) is 1. The number of nitrogens with one attached hydrogen (secondary N) is 1. The minimum absolute atomic E-state index is 0.271. The molecule has 1 aromatic rings. The van der Waals surface area contributed by atoms with Crippen molar-refractivity contribution in [3.63, 3.8) is 0 Å². The van der Waals surface area contributed by atoms with E-state index in [0.29, 0.717) is 18.3 Å². The second-order valence-electron chi connectivity index (χ2n) is 3.99. The van der Waals surface area contributed by atoms with E-state index in [9.17, 15) is 0 Å². The highest BCUT2D eigenvalue weighted by Gasteiger charge is 2.16. The van der Waals surface area contributed by atoms with Crippen LogP contribution in [-0.2, 0) is 0 Å². The second-order valence-corrected chi connectivity index (χ2v) is 3.99. The number of benzene rings is 1. The van der Waals surface area contributed by atoms with Gasteiger partial charge in [0, 0.05) is 6.42 Å². The minimum atomic E-state index is 0.271. The first-order chi connectivity index (χ1) is 6.61. The van der Waals surface area contributed by atoms with Crippen molar-refractivity contribution in [3.05, 3.63) is 35.9 Å². The van der Waals surface area contributed by atoms with Crippen molar-refractivity contribution in [1.82, 2.24) is 0 Å². The second kappa shape index (κ2) is 4.80. The molecule has 0 bridgehead atoms. The van der Waals surface area contributed by atoms with Gasteiger partial charge in [0.15, 0.2) is 0 Å². The molecule has 1 atom stereocenters. The Hall–Kier alpha value is -1.31. The van der Waals surface area contributed by atoms with Gasteiger partial charge in [0.2, 0.25) is 0 Å². The summed E-state index contributed by atoms with van der Waals surface area (Å²) >= 11 is 0. The van der Waals surface area contributed by atoms with Crippen LogP contribution in [0.5, 0.6) is 0 Å². The molecule has 3 N–H and O–H groups in total. The molecule has 0 fully saturated rings. The molecule has 2 heteroatoms. The molecule has 0 saturated carbocycles. The first kappa shape index (κ1) is 10.8. The van der Waals surface area contributed by atoms with Crippen LogP contribution in [-0.4, -0.2) is 5.84 Å². The molecular weight excluding hydrogens is 172 g/mol. The number of rotatable bonds is 4. The van der Waals surface area contributed by atoms with Crippen LogP contribution < -0.4 is 5.73 Å². The Morgan fingerprint density at radius 1 is 1.29 bits per heavy atom. The average Bonchev–Trinajstić information content (AvgIpc) is 2.15. The molecule has 0 aliphatic carbocycles. The van der Waals surface area contributed by atoms with Gasteiger partial charge in [0.1, 0.15) is 0 Å². The van der Waals surface area contributed by atoms with E-state index in [2.05, 4.69) is 26.0 Å². The Labute approximate surface area is 85.6 Å². The van der Waals surface area contributed by atoms with Crippen molar-refractivity contribution >= 4 is 5.84 Å². The average molecular weight is 190 g/mol. The Morgan fingerprint density at radius 2 is 1.86 bits per heavy atom. The fraction of sp³-hybridized carbons (Fsp3) is 0.417. The molecule has 0 aliphatic heterocycles. The Bertz CT molecular complexity index is 290. The van der Waals surface area contributed by atoms with Gasteiger partial charge in [-0.05, 0) is 17.4 Å². The van der Waals surface area contributed by atoms with Gasteiger partial charge < -0.3 is 5.73 Å². The molecule has 1 unspecified atom stereocenters. The maximum atomic E-state index is 7.35. The highest BCUT2D eigenvalue weighted by Crippen LogP contribution is 2.27. The zero-order valence-electron chi connectivity index (χ0n) is 8.83. The first-order valence-corrected chi connectivity index (χ1v) is 4.99. The van der Waals surface area contributed by atoms with Crippen LogP contribution in [0.25, 0.3) is 0 Å². The van der Waals surface area contributed by atoms with Gasteiger partial charge in [0.25, 0.3) is 0 Å². The van der Waals surface area contributed by atoms with Gasteiger partial charge >= 0.3 is 0 Å². The SMILES string of the molecule is CC(C)C(CC(=N)N)c1ccccc1. The first-order valence-electron chi connectivity index (χ1n) is 4.99. The van der Waals surface area contributed by atoms with E-state index < -0.39 is 0 Å². The molecule has 2 nitrogen and oxygen atoms in total. The van der Waals surface area contributed by atoms with Crippen molar-refractivity contribution < 1.29 is 0 Å². The number of hydrogen-bond acceptors (Lipinski definition) is 1. The van der Waals surface area contributed by atoms with E-state index in [1.807, 2.05) is 18.2 Å². The molecular formula is C12H18N2. The third-order valence-electron chi connectivity index (χ3n) is 2.47.